The van der Waals surface area contributed by atoms with Crippen LogP contribution in [0.2, 0.25) is 0 Å². The summed E-state index contributed by atoms with van der Waals surface area (Å²) in [6.07, 6.45) is 1.98. The van der Waals surface area contributed by atoms with Crippen molar-refractivity contribution in [3.8, 4) is 0 Å². The number of rotatable bonds is 7. The summed E-state index contributed by atoms with van der Waals surface area (Å²) in [4.78, 5) is 34.8. The van der Waals surface area contributed by atoms with E-state index in [2.05, 4.69) is 50.0 Å². The summed E-state index contributed by atoms with van der Waals surface area (Å²) in [5.41, 5.74) is 8.34. The number of benzene rings is 1. The fraction of sp³-hybridized carbons (Fsp3) is 0.462. The number of hydrogen-bond donors (Lipinski definition) is 2. The standard InChI is InChI=1S/C26H35N7O2/c1-18(2)23-16-21(22-17-27-33(19(3)4)25(22)28-23)26(35)30-29-24(34)10-11-31-12-14-32(15-13-31)20-8-6-5-7-9-20/h5-9,16-19H,10-15H2,1-4H3,(H,29,34)(H,30,35). The van der Waals surface area contributed by atoms with E-state index in [1.54, 1.807) is 12.3 Å². The van der Waals surface area contributed by atoms with Crippen LogP contribution in [0.25, 0.3) is 11.0 Å². The summed E-state index contributed by atoms with van der Waals surface area (Å²) in [6.45, 7) is 12.5. The third-order valence-electron chi connectivity index (χ3n) is 6.38. The zero-order valence-electron chi connectivity index (χ0n) is 21.0. The number of para-hydroxylation sites is 1. The van der Waals surface area contributed by atoms with Crippen LogP contribution in [0.1, 0.15) is 62.1 Å². The van der Waals surface area contributed by atoms with Crippen molar-refractivity contribution < 1.29 is 9.59 Å². The molecule has 0 spiro atoms. The van der Waals surface area contributed by atoms with Gasteiger partial charge in [0.25, 0.3) is 5.91 Å². The van der Waals surface area contributed by atoms with E-state index in [9.17, 15) is 9.59 Å². The van der Waals surface area contributed by atoms with Crippen molar-refractivity contribution in [1.29, 1.82) is 0 Å². The van der Waals surface area contributed by atoms with Gasteiger partial charge in [-0.05, 0) is 38.0 Å². The third-order valence-corrected chi connectivity index (χ3v) is 6.38. The first-order chi connectivity index (χ1) is 16.8. The van der Waals surface area contributed by atoms with Crippen LogP contribution in [0.3, 0.4) is 0 Å². The van der Waals surface area contributed by atoms with Gasteiger partial charge in [-0.1, -0.05) is 32.0 Å². The highest BCUT2D eigenvalue weighted by atomic mass is 16.2. The number of amides is 2. The molecule has 2 N–H and O–H groups in total. The van der Waals surface area contributed by atoms with Gasteiger partial charge in [0.15, 0.2) is 5.65 Å². The van der Waals surface area contributed by atoms with E-state index < -0.39 is 0 Å². The van der Waals surface area contributed by atoms with Crippen molar-refractivity contribution >= 4 is 28.5 Å². The Morgan fingerprint density at radius 3 is 2.37 bits per heavy atom. The predicted molar refractivity (Wildman–Crippen MR) is 137 cm³/mol. The Balaban J connectivity index is 1.30. The van der Waals surface area contributed by atoms with E-state index in [1.807, 2.05) is 38.4 Å². The average molecular weight is 478 g/mol. The Labute approximate surface area is 206 Å². The highest BCUT2D eigenvalue weighted by Crippen LogP contribution is 2.24. The molecule has 3 heterocycles. The number of pyridine rings is 1. The summed E-state index contributed by atoms with van der Waals surface area (Å²) in [5.74, 6) is -0.429. The molecular weight excluding hydrogens is 442 g/mol. The van der Waals surface area contributed by atoms with E-state index in [-0.39, 0.29) is 23.8 Å². The highest BCUT2D eigenvalue weighted by molar-refractivity contribution is 6.06. The van der Waals surface area contributed by atoms with Gasteiger partial charge in [0.2, 0.25) is 5.91 Å². The molecule has 186 valence electrons. The van der Waals surface area contributed by atoms with E-state index in [0.29, 0.717) is 29.6 Å². The van der Waals surface area contributed by atoms with Gasteiger partial charge in [-0.2, -0.15) is 5.10 Å². The molecule has 2 amide bonds. The molecule has 3 aromatic rings. The molecule has 1 aliphatic rings. The molecule has 9 nitrogen and oxygen atoms in total. The predicted octanol–water partition coefficient (Wildman–Crippen LogP) is 3.11. The molecule has 0 unspecified atom stereocenters. The number of piperazine rings is 1. The summed E-state index contributed by atoms with van der Waals surface area (Å²) in [7, 11) is 0. The van der Waals surface area contributed by atoms with Crippen LogP contribution in [-0.4, -0.2) is 64.2 Å². The number of carbonyl (C=O) groups excluding carboxylic acids is 2. The van der Waals surface area contributed by atoms with Crippen molar-refractivity contribution in [3.63, 3.8) is 0 Å². The van der Waals surface area contributed by atoms with Crippen molar-refractivity contribution in [2.45, 2.75) is 46.1 Å². The first-order valence-electron chi connectivity index (χ1n) is 12.3. The summed E-state index contributed by atoms with van der Waals surface area (Å²) in [5, 5.41) is 5.09. The highest BCUT2D eigenvalue weighted by Gasteiger charge is 2.20. The summed E-state index contributed by atoms with van der Waals surface area (Å²) in [6, 6.07) is 12.3. The van der Waals surface area contributed by atoms with Crippen LogP contribution in [0.15, 0.2) is 42.6 Å². The second kappa shape index (κ2) is 10.9. The smallest absolute Gasteiger partial charge is 0.270 e. The molecule has 1 fully saturated rings. The number of fused-ring (bicyclic) bond motifs is 1. The zero-order chi connectivity index (χ0) is 24.9. The molecule has 0 atom stereocenters. The lowest BCUT2D eigenvalue weighted by atomic mass is 10.1. The minimum absolute atomic E-state index is 0.118. The molecule has 2 aromatic heterocycles. The first-order valence-corrected chi connectivity index (χ1v) is 12.3. The number of aromatic nitrogens is 3. The Bertz CT molecular complexity index is 1170. The maximum atomic E-state index is 13.0. The van der Waals surface area contributed by atoms with Crippen LogP contribution in [0, 0.1) is 0 Å². The Morgan fingerprint density at radius 1 is 1.00 bits per heavy atom. The monoisotopic (exact) mass is 477 g/mol. The van der Waals surface area contributed by atoms with E-state index in [0.717, 1.165) is 31.9 Å². The zero-order valence-corrected chi connectivity index (χ0v) is 21.0. The molecular formula is C26H35N7O2. The van der Waals surface area contributed by atoms with Crippen LogP contribution in [-0.2, 0) is 4.79 Å². The molecule has 0 saturated carbocycles. The molecule has 1 aliphatic heterocycles. The second-order valence-corrected chi connectivity index (χ2v) is 9.59. The summed E-state index contributed by atoms with van der Waals surface area (Å²) < 4.78 is 1.81. The van der Waals surface area contributed by atoms with Gasteiger partial charge in [-0.25, -0.2) is 9.67 Å². The van der Waals surface area contributed by atoms with Crippen LogP contribution >= 0.6 is 0 Å². The second-order valence-electron chi connectivity index (χ2n) is 9.59. The topological polar surface area (TPSA) is 95.4 Å². The van der Waals surface area contributed by atoms with Gasteiger partial charge in [0.1, 0.15) is 0 Å². The third kappa shape index (κ3) is 5.79. The Morgan fingerprint density at radius 2 is 1.71 bits per heavy atom. The minimum Gasteiger partial charge on any atom is -0.369 e. The molecule has 0 radical (unpaired) electrons. The molecule has 0 bridgehead atoms. The molecule has 1 saturated heterocycles. The number of nitrogens with one attached hydrogen (secondary N) is 2. The summed E-state index contributed by atoms with van der Waals surface area (Å²) >= 11 is 0. The molecule has 0 aliphatic carbocycles. The molecule has 1 aromatic carbocycles. The number of carbonyl (C=O) groups is 2. The van der Waals surface area contributed by atoms with Gasteiger partial charge < -0.3 is 4.90 Å². The van der Waals surface area contributed by atoms with Gasteiger partial charge in [-0.15, -0.1) is 0 Å². The number of nitrogens with zero attached hydrogens (tertiary/aromatic N) is 5. The maximum Gasteiger partial charge on any atom is 0.270 e. The van der Waals surface area contributed by atoms with E-state index >= 15 is 0 Å². The molecule has 4 rings (SSSR count). The van der Waals surface area contributed by atoms with Crippen LogP contribution < -0.4 is 15.8 Å². The maximum absolute atomic E-state index is 13.0. The fourth-order valence-electron chi connectivity index (χ4n) is 4.28. The average Bonchev–Trinajstić information content (AvgIpc) is 3.30. The van der Waals surface area contributed by atoms with Gasteiger partial charge >= 0.3 is 0 Å². The molecule has 9 heteroatoms. The Kier molecular flexibility index (Phi) is 7.65. The van der Waals surface area contributed by atoms with E-state index in [4.69, 9.17) is 4.98 Å². The number of hydrazine groups is 1. The van der Waals surface area contributed by atoms with Crippen molar-refractivity contribution in [3.05, 3.63) is 53.9 Å². The number of hydrogen-bond acceptors (Lipinski definition) is 6. The normalized spacial score (nSPS) is 14.6. The lowest BCUT2D eigenvalue weighted by molar-refractivity contribution is -0.122. The van der Waals surface area contributed by atoms with Crippen molar-refractivity contribution in [1.82, 2.24) is 30.5 Å². The lowest BCUT2D eigenvalue weighted by Crippen LogP contribution is -2.48. The minimum atomic E-state index is -0.368. The van der Waals surface area contributed by atoms with Crippen molar-refractivity contribution in [2.75, 3.05) is 37.6 Å². The Hall–Kier alpha value is -3.46. The van der Waals surface area contributed by atoms with Gasteiger partial charge in [0, 0.05) is 56.6 Å². The van der Waals surface area contributed by atoms with Gasteiger partial charge in [-0.3, -0.25) is 25.3 Å². The van der Waals surface area contributed by atoms with Crippen LogP contribution in [0.4, 0.5) is 5.69 Å². The fourth-order valence-corrected chi connectivity index (χ4v) is 4.28. The SMILES string of the molecule is CC(C)c1cc(C(=O)NNC(=O)CCN2CCN(c3ccccc3)CC2)c2cnn(C(C)C)c2n1. The quantitative estimate of drug-likeness (QED) is 0.508. The lowest BCUT2D eigenvalue weighted by Gasteiger charge is -2.36. The largest absolute Gasteiger partial charge is 0.369 e. The van der Waals surface area contributed by atoms with Crippen molar-refractivity contribution in [2.24, 2.45) is 0 Å². The van der Waals surface area contributed by atoms with E-state index in [1.165, 1.54) is 5.69 Å². The molecule has 35 heavy (non-hydrogen) atoms. The van der Waals surface area contributed by atoms with Gasteiger partial charge in [0.05, 0.1) is 17.1 Å². The van der Waals surface area contributed by atoms with Crippen LogP contribution in [0.5, 0.6) is 0 Å². The number of anilines is 1. The first kappa shape index (κ1) is 24.7.